The highest BCUT2D eigenvalue weighted by Crippen LogP contribution is 2.27. The molecule has 1 amide bonds. The molecule has 0 aliphatic heterocycles. The lowest BCUT2D eigenvalue weighted by molar-refractivity contribution is 0.102. The number of carbonyl (C=O) groups excluding carboxylic acids is 1. The maximum atomic E-state index is 12.8. The maximum Gasteiger partial charge on any atom is 0.278 e. The normalized spacial score (nSPS) is 10.9. The summed E-state index contributed by atoms with van der Waals surface area (Å²) in [5.74, 6) is 0.0761. The molecule has 1 heterocycles. The fourth-order valence-electron chi connectivity index (χ4n) is 2.78. The van der Waals surface area contributed by atoms with Gasteiger partial charge in [-0.05, 0) is 43.0 Å². The van der Waals surface area contributed by atoms with Gasteiger partial charge in [0.1, 0.15) is 0 Å². The molecule has 3 rings (SSSR count). The van der Waals surface area contributed by atoms with Gasteiger partial charge in [0, 0.05) is 5.69 Å². The van der Waals surface area contributed by atoms with Crippen molar-refractivity contribution in [2.75, 3.05) is 5.32 Å². The van der Waals surface area contributed by atoms with Crippen LogP contribution in [0.5, 0.6) is 0 Å². The second kappa shape index (κ2) is 6.89. The molecule has 3 aromatic rings. The van der Waals surface area contributed by atoms with Gasteiger partial charge in [-0.2, -0.15) is 9.90 Å². The maximum absolute atomic E-state index is 12.8. The fourth-order valence-corrected chi connectivity index (χ4v) is 2.78. The van der Waals surface area contributed by atoms with E-state index in [1.807, 2.05) is 55.5 Å². The zero-order valence-corrected chi connectivity index (χ0v) is 14.9. The number of hydrogen-bond acceptors (Lipinski definition) is 3. The molecular formula is C20H22N4O. The van der Waals surface area contributed by atoms with E-state index in [9.17, 15) is 4.79 Å². The second-order valence-corrected chi connectivity index (χ2v) is 6.41. The van der Waals surface area contributed by atoms with E-state index in [1.165, 1.54) is 4.80 Å². The first-order valence-corrected chi connectivity index (χ1v) is 8.37. The van der Waals surface area contributed by atoms with Gasteiger partial charge in [-0.1, -0.05) is 50.2 Å². The average Bonchev–Trinajstić information content (AvgIpc) is 2.99. The first kappa shape index (κ1) is 16.9. The van der Waals surface area contributed by atoms with E-state index in [2.05, 4.69) is 29.4 Å². The van der Waals surface area contributed by atoms with Crippen LogP contribution >= 0.6 is 0 Å². The van der Waals surface area contributed by atoms with Crippen LogP contribution in [0.2, 0.25) is 0 Å². The molecule has 1 N–H and O–H groups in total. The Balaban J connectivity index is 1.92. The Morgan fingerprint density at radius 2 is 1.72 bits per heavy atom. The Morgan fingerprint density at radius 1 is 1.00 bits per heavy atom. The van der Waals surface area contributed by atoms with Crippen molar-refractivity contribution in [2.45, 2.75) is 33.6 Å². The third kappa shape index (κ3) is 3.45. The Labute approximate surface area is 147 Å². The molecule has 0 aliphatic carbocycles. The summed E-state index contributed by atoms with van der Waals surface area (Å²) in [7, 11) is 0. The minimum absolute atomic E-state index is 0.240. The number of hydrogen-bond donors (Lipinski definition) is 1. The predicted octanol–water partition coefficient (Wildman–Crippen LogP) is 4.26. The molecule has 0 saturated heterocycles. The summed E-state index contributed by atoms with van der Waals surface area (Å²) in [6.45, 7) is 8.01. The number of nitrogens with zero attached hydrogens (tertiary/aromatic N) is 3. The van der Waals surface area contributed by atoms with Gasteiger partial charge >= 0.3 is 0 Å². The van der Waals surface area contributed by atoms with Gasteiger partial charge in [-0.15, -0.1) is 5.10 Å². The minimum atomic E-state index is -0.240. The highest BCUT2D eigenvalue weighted by molar-refractivity contribution is 6.04. The van der Waals surface area contributed by atoms with E-state index in [-0.39, 0.29) is 5.91 Å². The predicted molar refractivity (Wildman–Crippen MR) is 99.3 cm³/mol. The van der Waals surface area contributed by atoms with Crippen molar-refractivity contribution >= 4 is 11.6 Å². The third-order valence-corrected chi connectivity index (χ3v) is 4.15. The van der Waals surface area contributed by atoms with Gasteiger partial charge in [0.2, 0.25) is 0 Å². The smallest absolute Gasteiger partial charge is 0.278 e. The zero-order chi connectivity index (χ0) is 18.0. The molecule has 25 heavy (non-hydrogen) atoms. The Bertz CT molecular complexity index is 897. The van der Waals surface area contributed by atoms with Gasteiger partial charge in [0.25, 0.3) is 5.91 Å². The van der Waals surface area contributed by atoms with E-state index in [0.717, 1.165) is 22.5 Å². The largest absolute Gasteiger partial charge is 0.320 e. The van der Waals surface area contributed by atoms with E-state index in [0.29, 0.717) is 17.3 Å². The van der Waals surface area contributed by atoms with Crippen LogP contribution in [0.1, 0.15) is 47.1 Å². The Hall–Kier alpha value is -2.95. The molecule has 0 bridgehead atoms. The number of para-hydroxylation sites is 2. The van der Waals surface area contributed by atoms with Crippen LogP contribution < -0.4 is 5.32 Å². The topological polar surface area (TPSA) is 59.8 Å². The summed E-state index contributed by atoms with van der Waals surface area (Å²) < 4.78 is 0. The number of amides is 1. The fraction of sp³-hybridized carbons (Fsp3) is 0.250. The van der Waals surface area contributed by atoms with E-state index < -0.39 is 0 Å². The molecule has 5 nitrogen and oxygen atoms in total. The van der Waals surface area contributed by atoms with Crippen LogP contribution in [0.15, 0.2) is 48.5 Å². The van der Waals surface area contributed by atoms with E-state index in [1.54, 1.807) is 6.92 Å². The molecule has 0 spiro atoms. The average molecular weight is 334 g/mol. The van der Waals surface area contributed by atoms with Crippen molar-refractivity contribution in [3.05, 3.63) is 71.0 Å². The highest BCUT2D eigenvalue weighted by Gasteiger charge is 2.19. The lowest BCUT2D eigenvalue weighted by atomic mass is 9.98. The summed E-state index contributed by atoms with van der Waals surface area (Å²) in [4.78, 5) is 14.3. The molecule has 0 radical (unpaired) electrons. The van der Waals surface area contributed by atoms with Crippen LogP contribution in [-0.4, -0.2) is 20.9 Å². The molecule has 2 aromatic carbocycles. The minimum Gasteiger partial charge on any atom is -0.320 e. The van der Waals surface area contributed by atoms with Crippen molar-refractivity contribution in [1.29, 1.82) is 0 Å². The van der Waals surface area contributed by atoms with Crippen molar-refractivity contribution in [3.63, 3.8) is 0 Å². The van der Waals surface area contributed by atoms with Crippen molar-refractivity contribution in [2.24, 2.45) is 0 Å². The van der Waals surface area contributed by atoms with Crippen LogP contribution in [0.3, 0.4) is 0 Å². The van der Waals surface area contributed by atoms with Crippen molar-refractivity contribution in [1.82, 2.24) is 15.0 Å². The quantitative estimate of drug-likeness (QED) is 0.775. The standard InChI is InChI=1S/C20H22N4O/c1-13(2)17-12-8-9-14(3)18(17)21-20(25)19-15(4)22-24(23-19)16-10-6-5-7-11-16/h5-13H,1-4H3,(H,21,25). The monoisotopic (exact) mass is 334 g/mol. The first-order valence-electron chi connectivity index (χ1n) is 8.37. The lowest BCUT2D eigenvalue weighted by Gasteiger charge is -2.15. The molecule has 0 unspecified atom stereocenters. The zero-order valence-electron chi connectivity index (χ0n) is 14.9. The SMILES string of the molecule is Cc1cccc(C(C)C)c1NC(=O)c1nn(-c2ccccc2)nc1C. The molecule has 1 aromatic heterocycles. The molecule has 0 saturated carbocycles. The van der Waals surface area contributed by atoms with E-state index in [4.69, 9.17) is 0 Å². The summed E-state index contributed by atoms with van der Waals surface area (Å²) in [5.41, 5.74) is 4.76. The van der Waals surface area contributed by atoms with Gasteiger partial charge in [0.05, 0.1) is 11.4 Å². The van der Waals surface area contributed by atoms with Crippen LogP contribution in [-0.2, 0) is 0 Å². The number of anilines is 1. The molecule has 5 heteroatoms. The molecule has 128 valence electrons. The van der Waals surface area contributed by atoms with Gasteiger partial charge in [-0.25, -0.2) is 0 Å². The number of carbonyl (C=O) groups is 1. The van der Waals surface area contributed by atoms with Crippen LogP contribution in [0.25, 0.3) is 5.69 Å². The number of benzene rings is 2. The lowest BCUT2D eigenvalue weighted by Crippen LogP contribution is -2.16. The highest BCUT2D eigenvalue weighted by atomic mass is 16.2. The molecule has 0 fully saturated rings. The van der Waals surface area contributed by atoms with Crippen molar-refractivity contribution in [3.8, 4) is 5.69 Å². The first-order chi connectivity index (χ1) is 12.0. The van der Waals surface area contributed by atoms with E-state index >= 15 is 0 Å². The molecule has 0 atom stereocenters. The van der Waals surface area contributed by atoms with Gasteiger partial charge in [0.15, 0.2) is 5.69 Å². The summed E-state index contributed by atoms with van der Waals surface area (Å²) >= 11 is 0. The van der Waals surface area contributed by atoms with Crippen LogP contribution in [0, 0.1) is 13.8 Å². The van der Waals surface area contributed by atoms with Gasteiger partial charge in [-0.3, -0.25) is 4.79 Å². The summed E-state index contributed by atoms with van der Waals surface area (Å²) in [5, 5.41) is 11.8. The number of aromatic nitrogens is 3. The third-order valence-electron chi connectivity index (χ3n) is 4.15. The van der Waals surface area contributed by atoms with Gasteiger partial charge < -0.3 is 5.32 Å². The Morgan fingerprint density at radius 3 is 2.40 bits per heavy atom. The Kier molecular flexibility index (Phi) is 4.65. The van der Waals surface area contributed by atoms with Crippen molar-refractivity contribution < 1.29 is 4.79 Å². The second-order valence-electron chi connectivity index (χ2n) is 6.41. The molecule has 0 aliphatic rings. The summed E-state index contributed by atoms with van der Waals surface area (Å²) in [6.07, 6.45) is 0. The summed E-state index contributed by atoms with van der Waals surface area (Å²) in [6, 6.07) is 15.6. The number of nitrogens with one attached hydrogen (secondary N) is 1. The number of aryl methyl sites for hydroxylation is 2. The molecular weight excluding hydrogens is 312 g/mol. The number of rotatable bonds is 4. The van der Waals surface area contributed by atoms with Crippen LogP contribution in [0.4, 0.5) is 5.69 Å².